The van der Waals surface area contributed by atoms with Gasteiger partial charge in [0.2, 0.25) is 21.5 Å². The van der Waals surface area contributed by atoms with Crippen molar-refractivity contribution in [1.82, 2.24) is 19.9 Å². The Bertz CT molecular complexity index is 1210. The van der Waals surface area contributed by atoms with Crippen LogP contribution in [0.1, 0.15) is 48.9 Å². The third kappa shape index (κ3) is 5.65. The minimum atomic E-state index is -3.77. The summed E-state index contributed by atoms with van der Waals surface area (Å²) in [6.45, 7) is 1.26. The standard InChI is InChI=1S/C23H30N4O6S/c28-21(25-16-4-2-1-3-5-16)8-9-24-23(30)19-15-22(29)26-20-7-6-17(14-18(19)20)34(31,32)27-10-12-33-13-11-27/h6-7,14-16H,1-5,8-13H2,(H,24,30)(H,25,28)(H,26,29). The lowest BCUT2D eigenvalue weighted by Crippen LogP contribution is -2.40. The van der Waals surface area contributed by atoms with Gasteiger partial charge in [-0.3, -0.25) is 14.4 Å². The number of pyridine rings is 1. The van der Waals surface area contributed by atoms with Crippen LogP contribution in [0.25, 0.3) is 10.9 Å². The number of fused-ring (bicyclic) bond motifs is 1. The number of aromatic nitrogens is 1. The number of aromatic amines is 1. The summed E-state index contributed by atoms with van der Waals surface area (Å²) in [5.41, 5.74) is -0.0597. The fraction of sp³-hybridized carbons (Fsp3) is 0.522. The first-order valence-electron chi connectivity index (χ1n) is 11.7. The van der Waals surface area contributed by atoms with Crippen molar-refractivity contribution in [3.63, 3.8) is 0 Å². The van der Waals surface area contributed by atoms with Crippen LogP contribution in [0.2, 0.25) is 0 Å². The summed E-state index contributed by atoms with van der Waals surface area (Å²) in [6.07, 6.45) is 5.50. The van der Waals surface area contributed by atoms with Crippen LogP contribution in [0.15, 0.2) is 34.0 Å². The molecule has 2 aliphatic rings. The largest absolute Gasteiger partial charge is 0.379 e. The highest BCUT2D eigenvalue weighted by molar-refractivity contribution is 7.89. The maximum atomic E-state index is 13.0. The zero-order valence-electron chi connectivity index (χ0n) is 19.0. The monoisotopic (exact) mass is 490 g/mol. The van der Waals surface area contributed by atoms with Crippen molar-refractivity contribution >= 4 is 32.7 Å². The van der Waals surface area contributed by atoms with Gasteiger partial charge in [0.05, 0.1) is 23.7 Å². The first-order chi connectivity index (χ1) is 16.3. The number of carbonyl (C=O) groups is 2. The molecule has 0 radical (unpaired) electrons. The molecule has 2 heterocycles. The molecule has 4 rings (SSSR count). The number of hydrogen-bond acceptors (Lipinski definition) is 6. The van der Waals surface area contributed by atoms with Crippen molar-refractivity contribution in [2.45, 2.75) is 49.5 Å². The summed E-state index contributed by atoms with van der Waals surface area (Å²) in [6, 6.07) is 5.64. The number of rotatable bonds is 7. The van der Waals surface area contributed by atoms with Crippen molar-refractivity contribution in [2.24, 2.45) is 0 Å². The quantitative estimate of drug-likeness (QED) is 0.532. The molecule has 0 atom stereocenters. The number of sulfonamides is 1. The van der Waals surface area contributed by atoms with Crippen molar-refractivity contribution in [2.75, 3.05) is 32.8 Å². The van der Waals surface area contributed by atoms with E-state index in [9.17, 15) is 22.8 Å². The van der Waals surface area contributed by atoms with Crippen LogP contribution in [0.4, 0.5) is 0 Å². The molecular weight excluding hydrogens is 460 g/mol. The SMILES string of the molecule is O=C(CCNC(=O)c1cc(=O)[nH]c2ccc(S(=O)(=O)N3CCOCC3)cc12)NC1CCCCC1. The second-order valence-electron chi connectivity index (χ2n) is 8.68. The molecule has 1 aromatic carbocycles. The number of benzene rings is 1. The van der Waals surface area contributed by atoms with Gasteiger partial charge in [-0.15, -0.1) is 0 Å². The van der Waals surface area contributed by atoms with Crippen LogP contribution < -0.4 is 16.2 Å². The van der Waals surface area contributed by atoms with E-state index in [1.54, 1.807) is 0 Å². The van der Waals surface area contributed by atoms with Crippen LogP contribution in [0.5, 0.6) is 0 Å². The van der Waals surface area contributed by atoms with Gasteiger partial charge in [-0.1, -0.05) is 19.3 Å². The van der Waals surface area contributed by atoms with Crippen LogP contribution in [0.3, 0.4) is 0 Å². The molecular formula is C23H30N4O6S. The first-order valence-corrected chi connectivity index (χ1v) is 13.1. The summed E-state index contributed by atoms with van der Waals surface area (Å²) >= 11 is 0. The highest BCUT2D eigenvalue weighted by atomic mass is 32.2. The second-order valence-corrected chi connectivity index (χ2v) is 10.6. The fourth-order valence-electron chi connectivity index (χ4n) is 4.45. The Hall–Kier alpha value is -2.76. The summed E-state index contributed by atoms with van der Waals surface area (Å²) in [5, 5.41) is 6.00. The molecule has 1 aliphatic heterocycles. The van der Waals surface area contributed by atoms with Gasteiger partial charge in [-0.2, -0.15) is 4.31 Å². The molecule has 2 amide bonds. The normalized spacial score (nSPS) is 18.0. The molecule has 1 aromatic heterocycles. The van der Waals surface area contributed by atoms with Gasteiger partial charge in [-0.25, -0.2) is 8.42 Å². The molecule has 2 fully saturated rings. The van der Waals surface area contributed by atoms with Crippen LogP contribution in [0, 0.1) is 0 Å². The molecule has 0 spiro atoms. The molecule has 0 bridgehead atoms. The molecule has 1 saturated carbocycles. The highest BCUT2D eigenvalue weighted by Crippen LogP contribution is 2.23. The maximum Gasteiger partial charge on any atom is 0.252 e. The predicted octanol–water partition coefficient (Wildman–Crippen LogP) is 1.12. The molecule has 1 aliphatic carbocycles. The smallest absolute Gasteiger partial charge is 0.252 e. The highest BCUT2D eigenvalue weighted by Gasteiger charge is 2.27. The molecule has 1 saturated heterocycles. The van der Waals surface area contributed by atoms with E-state index in [1.807, 2.05) is 0 Å². The van der Waals surface area contributed by atoms with Crippen LogP contribution in [-0.2, 0) is 19.6 Å². The van der Waals surface area contributed by atoms with Crippen molar-refractivity contribution in [1.29, 1.82) is 0 Å². The van der Waals surface area contributed by atoms with E-state index in [1.165, 1.54) is 28.9 Å². The molecule has 2 aromatic rings. The van der Waals surface area contributed by atoms with Gasteiger partial charge in [0.15, 0.2) is 0 Å². The van der Waals surface area contributed by atoms with E-state index in [2.05, 4.69) is 15.6 Å². The molecule has 10 nitrogen and oxygen atoms in total. The first kappa shape index (κ1) is 24.4. The number of hydrogen-bond donors (Lipinski definition) is 3. The Balaban J connectivity index is 1.48. The molecule has 184 valence electrons. The Kier molecular flexibility index (Phi) is 7.64. The minimum absolute atomic E-state index is 0.0369. The lowest BCUT2D eigenvalue weighted by molar-refractivity contribution is -0.121. The Morgan fingerprint density at radius 3 is 2.56 bits per heavy atom. The zero-order valence-corrected chi connectivity index (χ0v) is 19.8. The molecule has 3 N–H and O–H groups in total. The number of morpholine rings is 1. The van der Waals surface area contributed by atoms with E-state index in [0.29, 0.717) is 24.1 Å². The number of nitrogens with one attached hydrogen (secondary N) is 3. The second kappa shape index (κ2) is 10.7. The number of ether oxygens (including phenoxy) is 1. The molecule has 34 heavy (non-hydrogen) atoms. The number of amides is 2. The van der Waals surface area contributed by atoms with Gasteiger partial charge < -0.3 is 20.4 Å². The van der Waals surface area contributed by atoms with E-state index in [0.717, 1.165) is 31.7 Å². The van der Waals surface area contributed by atoms with Crippen LogP contribution >= 0.6 is 0 Å². The van der Waals surface area contributed by atoms with Crippen molar-refractivity contribution in [3.05, 3.63) is 40.2 Å². The minimum Gasteiger partial charge on any atom is -0.379 e. The van der Waals surface area contributed by atoms with Crippen LogP contribution in [-0.4, -0.2) is 68.4 Å². The van der Waals surface area contributed by atoms with Gasteiger partial charge in [0, 0.05) is 49.1 Å². The van der Waals surface area contributed by atoms with E-state index < -0.39 is 21.5 Å². The van der Waals surface area contributed by atoms with Crippen molar-refractivity contribution < 1.29 is 22.7 Å². The van der Waals surface area contributed by atoms with E-state index >= 15 is 0 Å². The lowest BCUT2D eigenvalue weighted by Gasteiger charge is -2.26. The number of carbonyl (C=O) groups excluding carboxylic acids is 2. The van der Waals surface area contributed by atoms with Gasteiger partial charge in [0.25, 0.3) is 5.91 Å². The summed E-state index contributed by atoms with van der Waals surface area (Å²) in [5.74, 6) is -0.663. The number of H-pyrrole nitrogens is 1. The Morgan fingerprint density at radius 1 is 1.09 bits per heavy atom. The third-order valence-electron chi connectivity index (χ3n) is 6.27. The van der Waals surface area contributed by atoms with E-state index in [-0.39, 0.29) is 48.5 Å². The average molecular weight is 491 g/mol. The topological polar surface area (TPSA) is 138 Å². The number of nitrogens with zero attached hydrogens (tertiary/aromatic N) is 1. The molecule has 11 heteroatoms. The zero-order chi connectivity index (χ0) is 24.1. The van der Waals surface area contributed by atoms with Gasteiger partial charge in [0.1, 0.15) is 0 Å². The maximum absolute atomic E-state index is 13.0. The Morgan fingerprint density at radius 2 is 1.82 bits per heavy atom. The van der Waals surface area contributed by atoms with Gasteiger partial charge in [-0.05, 0) is 31.0 Å². The average Bonchev–Trinajstić information content (AvgIpc) is 2.84. The van der Waals surface area contributed by atoms with Crippen molar-refractivity contribution in [3.8, 4) is 0 Å². The lowest BCUT2D eigenvalue weighted by atomic mass is 9.95. The Labute approximate surface area is 198 Å². The predicted molar refractivity (Wildman–Crippen MR) is 126 cm³/mol. The summed E-state index contributed by atoms with van der Waals surface area (Å²) in [7, 11) is -3.77. The fourth-order valence-corrected chi connectivity index (χ4v) is 5.88. The summed E-state index contributed by atoms with van der Waals surface area (Å²) in [4.78, 5) is 39.8. The summed E-state index contributed by atoms with van der Waals surface area (Å²) < 4.78 is 32.7. The third-order valence-corrected chi connectivity index (χ3v) is 8.17. The molecule has 0 unspecified atom stereocenters. The van der Waals surface area contributed by atoms with Gasteiger partial charge >= 0.3 is 0 Å². The van der Waals surface area contributed by atoms with E-state index in [4.69, 9.17) is 4.74 Å².